The second-order valence-corrected chi connectivity index (χ2v) is 6.03. The molecule has 0 atom stereocenters. The fraction of sp³-hybridized carbons (Fsp3) is 0.353. The SMILES string of the molecule is O=c1cc(CN2CCOCC2)[nH]c2nc(NCc3ccccc3)nn12. The molecule has 0 radical (unpaired) electrons. The Morgan fingerprint density at radius 1 is 1.20 bits per heavy atom. The lowest BCUT2D eigenvalue weighted by Gasteiger charge is -2.26. The second-order valence-electron chi connectivity index (χ2n) is 6.03. The van der Waals surface area contributed by atoms with Crippen LogP contribution in [0.25, 0.3) is 5.78 Å². The Balaban J connectivity index is 1.51. The van der Waals surface area contributed by atoms with E-state index in [1.54, 1.807) is 6.07 Å². The van der Waals surface area contributed by atoms with Crippen molar-refractivity contribution < 1.29 is 4.74 Å². The molecule has 2 N–H and O–H groups in total. The van der Waals surface area contributed by atoms with Gasteiger partial charge in [-0.15, -0.1) is 5.10 Å². The molecule has 0 unspecified atom stereocenters. The zero-order chi connectivity index (χ0) is 17.1. The van der Waals surface area contributed by atoms with Crippen LogP contribution in [0.2, 0.25) is 0 Å². The molecular formula is C17H20N6O2. The summed E-state index contributed by atoms with van der Waals surface area (Å²) in [6.07, 6.45) is 0. The third-order valence-electron chi connectivity index (χ3n) is 4.18. The average molecular weight is 340 g/mol. The molecule has 0 amide bonds. The van der Waals surface area contributed by atoms with Crippen molar-refractivity contribution in [2.24, 2.45) is 0 Å². The maximum atomic E-state index is 12.3. The number of nitrogens with one attached hydrogen (secondary N) is 2. The van der Waals surface area contributed by atoms with E-state index in [0.717, 1.165) is 37.6 Å². The highest BCUT2D eigenvalue weighted by molar-refractivity contribution is 5.37. The van der Waals surface area contributed by atoms with Crippen molar-refractivity contribution in [2.45, 2.75) is 13.1 Å². The summed E-state index contributed by atoms with van der Waals surface area (Å²) >= 11 is 0. The molecule has 4 rings (SSSR count). The van der Waals surface area contributed by atoms with Crippen LogP contribution in [-0.2, 0) is 17.8 Å². The smallest absolute Gasteiger partial charge is 0.275 e. The van der Waals surface area contributed by atoms with Gasteiger partial charge in [0, 0.05) is 37.9 Å². The Morgan fingerprint density at radius 3 is 2.80 bits per heavy atom. The van der Waals surface area contributed by atoms with Crippen molar-refractivity contribution >= 4 is 11.7 Å². The highest BCUT2D eigenvalue weighted by atomic mass is 16.5. The van der Waals surface area contributed by atoms with E-state index >= 15 is 0 Å². The second kappa shape index (κ2) is 7.04. The molecule has 3 heterocycles. The first-order valence-electron chi connectivity index (χ1n) is 8.35. The molecule has 3 aromatic rings. The number of nitrogens with zero attached hydrogens (tertiary/aromatic N) is 4. The molecule has 0 aliphatic carbocycles. The van der Waals surface area contributed by atoms with Crippen molar-refractivity contribution in [1.29, 1.82) is 0 Å². The molecule has 1 saturated heterocycles. The van der Waals surface area contributed by atoms with E-state index < -0.39 is 0 Å². The summed E-state index contributed by atoms with van der Waals surface area (Å²) in [6, 6.07) is 11.6. The number of H-pyrrole nitrogens is 1. The number of benzene rings is 1. The van der Waals surface area contributed by atoms with Crippen LogP contribution in [0.4, 0.5) is 5.95 Å². The maximum absolute atomic E-state index is 12.3. The Hall–Kier alpha value is -2.71. The standard InChI is InChI=1S/C17H20N6O2/c24-15-10-14(12-22-6-8-25-9-7-22)19-17-20-16(21-23(15)17)18-11-13-4-2-1-3-5-13/h1-5,10H,6-9,11-12H2,(H2,18,19,20,21). The summed E-state index contributed by atoms with van der Waals surface area (Å²) in [7, 11) is 0. The van der Waals surface area contributed by atoms with E-state index in [2.05, 4.69) is 25.3 Å². The summed E-state index contributed by atoms with van der Waals surface area (Å²) in [5.74, 6) is 0.882. The van der Waals surface area contributed by atoms with E-state index in [4.69, 9.17) is 4.74 Å². The molecule has 1 aliphatic rings. The number of hydrogen-bond acceptors (Lipinski definition) is 6. The fourth-order valence-electron chi connectivity index (χ4n) is 2.87. The van der Waals surface area contributed by atoms with Gasteiger partial charge in [-0.3, -0.25) is 9.69 Å². The minimum atomic E-state index is -0.183. The number of fused-ring (bicyclic) bond motifs is 1. The van der Waals surface area contributed by atoms with E-state index in [0.29, 0.717) is 24.8 Å². The molecular weight excluding hydrogens is 320 g/mol. The summed E-state index contributed by atoms with van der Waals surface area (Å²) in [6.45, 7) is 4.46. The predicted molar refractivity (Wildman–Crippen MR) is 93.5 cm³/mol. The molecule has 1 aliphatic heterocycles. The first-order valence-corrected chi connectivity index (χ1v) is 8.35. The Labute approximate surface area is 144 Å². The highest BCUT2D eigenvalue weighted by Crippen LogP contribution is 2.07. The van der Waals surface area contributed by atoms with Crippen LogP contribution in [0.5, 0.6) is 0 Å². The lowest BCUT2D eigenvalue weighted by molar-refractivity contribution is 0.0336. The van der Waals surface area contributed by atoms with E-state index in [1.165, 1.54) is 4.52 Å². The minimum absolute atomic E-state index is 0.183. The van der Waals surface area contributed by atoms with Crippen LogP contribution in [0.3, 0.4) is 0 Å². The van der Waals surface area contributed by atoms with Crippen molar-refractivity contribution in [1.82, 2.24) is 24.5 Å². The number of ether oxygens (including phenoxy) is 1. The van der Waals surface area contributed by atoms with Crippen LogP contribution < -0.4 is 10.9 Å². The molecule has 0 spiro atoms. The van der Waals surface area contributed by atoms with Gasteiger partial charge in [0.2, 0.25) is 11.7 Å². The van der Waals surface area contributed by atoms with Crippen LogP contribution in [0.15, 0.2) is 41.2 Å². The molecule has 130 valence electrons. The summed E-state index contributed by atoms with van der Waals surface area (Å²) in [5, 5.41) is 7.38. The predicted octanol–water partition coefficient (Wildman–Crippen LogP) is 0.862. The molecule has 8 nitrogen and oxygen atoms in total. The topological polar surface area (TPSA) is 87.5 Å². The average Bonchev–Trinajstić information content (AvgIpc) is 3.05. The monoisotopic (exact) mass is 340 g/mol. The summed E-state index contributed by atoms with van der Waals surface area (Å²) in [4.78, 5) is 22.1. The summed E-state index contributed by atoms with van der Waals surface area (Å²) in [5.41, 5.74) is 1.78. The Morgan fingerprint density at radius 2 is 2.00 bits per heavy atom. The lowest BCUT2D eigenvalue weighted by Crippen LogP contribution is -2.36. The van der Waals surface area contributed by atoms with Crippen LogP contribution in [0, 0.1) is 0 Å². The Kier molecular flexibility index (Phi) is 4.45. The number of aromatic amines is 1. The van der Waals surface area contributed by atoms with Crippen LogP contribution in [0.1, 0.15) is 11.3 Å². The minimum Gasteiger partial charge on any atom is -0.379 e. The molecule has 25 heavy (non-hydrogen) atoms. The molecule has 0 bridgehead atoms. The van der Waals surface area contributed by atoms with Crippen molar-refractivity contribution in [3.63, 3.8) is 0 Å². The van der Waals surface area contributed by atoms with Gasteiger partial charge in [0.1, 0.15) is 0 Å². The number of anilines is 1. The van der Waals surface area contributed by atoms with Gasteiger partial charge in [-0.2, -0.15) is 9.50 Å². The van der Waals surface area contributed by atoms with Crippen molar-refractivity contribution in [2.75, 3.05) is 31.6 Å². The Bertz CT molecular complexity index is 898. The third kappa shape index (κ3) is 3.70. The maximum Gasteiger partial charge on any atom is 0.275 e. The quantitative estimate of drug-likeness (QED) is 0.716. The van der Waals surface area contributed by atoms with Gasteiger partial charge in [0.05, 0.1) is 13.2 Å². The number of rotatable bonds is 5. The third-order valence-corrected chi connectivity index (χ3v) is 4.18. The van der Waals surface area contributed by atoms with Crippen LogP contribution in [-0.4, -0.2) is 50.8 Å². The lowest BCUT2D eigenvalue weighted by atomic mass is 10.2. The molecule has 1 aromatic carbocycles. The molecule has 0 saturated carbocycles. The van der Waals surface area contributed by atoms with Crippen molar-refractivity contribution in [3.8, 4) is 0 Å². The largest absolute Gasteiger partial charge is 0.379 e. The first-order chi connectivity index (χ1) is 12.3. The van der Waals surface area contributed by atoms with Gasteiger partial charge in [0.15, 0.2) is 0 Å². The van der Waals surface area contributed by atoms with Crippen molar-refractivity contribution in [3.05, 3.63) is 58.0 Å². The van der Waals surface area contributed by atoms with E-state index in [1.807, 2.05) is 30.3 Å². The number of hydrogen-bond donors (Lipinski definition) is 2. The van der Waals surface area contributed by atoms with Gasteiger partial charge in [-0.05, 0) is 5.56 Å². The van der Waals surface area contributed by atoms with Gasteiger partial charge in [-0.1, -0.05) is 30.3 Å². The zero-order valence-corrected chi connectivity index (χ0v) is 13.8. The fourth-order valence-corrected chi connectivity index (χ4v) is 2.87. The molecule has 1 fully saturated rings. The molecule has 2 aromatic heterocycles. The van der Waals surface area contributed by atoms with E-state index in [9.17, 15) is 4.79 Å². The zero-order valence-electron chi connectivity index (χ0n) is 13.8. The molecule has 8 heteroatoms. The van der Waals surface area contributed by atoms with Crippen LogP contribution >= 0.6 is 0 Å². The summed E-state index contributed by atoms with van der Waals surface area (Å²) < 4.78 is 6.64. The first kappa shape index (κ1) is 15.8. The normalized spacial score (nSPS) is 15.5. The van der Waals surface area contributed by atoms with Gasteiger partial charge < -0.3 is 15.0 Å². The van der Waals surface area contributed by atoms with Gasteiger partial charge in [0.25, 0.3) is 5.56 Å². The number of aromatic nitrogens is 4. The number of morpholine rings is 1. The van der Waals surface area contributed by atoms with Gasteiger partial charge >= 0.3 is 0 Å². The van der Waals surface area contributed by atoms with Gasteiger partial charge in [-0.25, -0.2) is 0 Å². The van der Waals surface area contributed by atoms with E-state index in [-0.39, 0.29) is 5.56 Å². The highest BCUT2D eigenvalue weighted by Gasteiger charge is 2.13.